The maximum absolute atomic E-state index is 12.1. The summed E-state index contributed by atoms with van der Waals surface area (Å²) >= 11 is 6.53. The fourth-order valence-electron chi connectivity index (χ4n) is 1.68. The van der Waals surface area contributed by atoms with Crippen LogP contribution in [0.15, 0.2) is 41.8 Å². The first kappa shape index (κ1) is 13.1. The van der Waals surface area contributed by atoms with E-state index in [1.54, 1.807) is 11.0 Å². The lowest BCUT2D eigenvalue weighted by Gasteiger charge is -2.10. The molecule has 0 aromatic heterocycles. The van der Waals surface area contributed by atoms with Crippen LogP contribution in [0.1, 0.15) is 11.1 Å². The molecule has 0 atom stereocenters. The van der Waals surface area contributed by atoms with Gasteiger partial charge in [0.05, 0.1) is 4.91 Å². The summed E-state index contributed by atoms with van der Waals surface area (Å²) in [6, 6.07) is 7.96. The van der Waals surface area contributed by atoms with Crippen LogP contribution in [0.4, 0.5) is 0 Å². The molecule has 1 aromatic rings. The Morgan fingerprint density at radius 3 is 2.83 bits per heavy atom. The van der Waals surface area contributed by atoms with Gasteiger partial charge in [-0.05, 0) is 24.1 Å². The van der Waals surface area contributed by atoms with Crippen LogP contribution in [0.2, 0.25) is 0 Å². The van der Waals surface area contributed by atoms with Gasteiger partial charge in [0.2, 0.25) is 0 Å². The molecule has 92 valence electrons. The van der Waals surface area contributed by atoms with Crippen LogP contribution in [-0.4, -0.2) is 21.7 Å². The Labute approximate surface area is 116 Å². The van der Waals surface area contributed by atoms with E-state index < -0.39 is 0 Å². The number of rotatable bonds is 3. The van der Waals surface area contributed by atoms with Gasteiger partial charge in [-0.15, -0.1) is 6.58 Å². The zero-order chi connectivity index (χ0) is 13.1. The van der Waals surface area contributed by atoms with Gasteiger partial charge >= 0.3 is 0 Å². The van der Waals surface area contributed by atoms with Crippen molar-refractivity contribution in [2.75, 3.05) is 6.54 Å². The number of carbonyl (C=O) groups excluding carboxylic acids is 1. The van der Waals surface area contributed by atoms with Gasteiger partial charge in [0.1, 0.15) is 4.32 Å². The van der Waals surface area contributed by atoms with E-state index in [0.29, 0.717) is 15.8 Å². The van der Waals surface area contributed by atoms with Crippen molar-refractivity contribution in [2.45, 2.75) is 6.92 Å². The summed E-state index contributed by atoms with van der Waals surface area (Å²) in [5, 5.41) is 0. The second-order valence-corrected chi connectivity index (χ2v) is 5.61. The predicted octanol–water partition coefficient (Wildman–Crippen LogP) is 3.38. The number of hydrogen-bond acceptors (Lipinski definition) is 3. The lowest BCUT2D eigenvalue weighted by molar-refractivity contribution is -0.121. The standard InChI is InChI=1S/C14H13NOS2/c1-3-8-15-13(16)12(18-14(15)17)9-11-7-5-4-6-10(11)2/h3-7,9H,1,8H2,2H3. The molecule has 1 heterocycles. The molecule has 0 N–H and O–H groups in total. The van der Waals surface area contributed by atoms with Gasteiger partial charge in [-0.2, -0.15) is 0 Å². The maximum atomic E-state index is 12.1. The highest BCUT2D eigenvalue weighted by Gasteiger charge is 2.30. The van der Waals surface area contributed by atoms with Crippen LogP contribution in [0.25, 0.3) is 6.08 Å². The number of nitrogens with zero attached hydrogens (tertiary/aromatic N) is 1. The zero-order valence-corrected chi connectivity index (χ0v) is 11.7. The second kappa shape index (κ2) is 5.50. The number of aryl methyl sites for hydroxylation is 1. The normalized spacial score (nSPS) is 17.6. The molecular formula is C14H13NOS2. The summed E-state index contributed by atoms with van der Waals surface area (Å²) in [6.07, 6.45) is 3.58. The number of amides is 1. The van der Waals surface area contributed by atoms with Crippen LogP contribution in [-0.2, 0) is 4.79 Å². The summed E-state index contributed by atoms with van der Waals surface area (Å²) in [5.74, 6) is -0.0341. The molecule has 1 aromatic carbocycles. The summed E-state index contributed by atoms with van der Waals surface area (Å²) < 4.78 is 0.597. The molecule has 4 heteroatoms. The smallest absolute Gasteiger partial charge is 0.266 e. The van der Waals surface area contributed by atoms with Gasteiger partial charge in [0.25, 0.3) is 5.91 Å². The molecule has 1 aliphatic rings. The maximum Gasteiger partial charge on any atom is 0.266 e. The lowest BCUT2D eigenvalue weighted by atomic mass is 10.1. The van der Waals surface area contributed by atoms with Crippen LogP contribution >= 0.6 is 24.0 Å². The molecule has 1 saturated heterocycles. The highest BCUT2D eigenvalue weighted by molar-refractivity contribution is 8.26. The zero-order valence-electron chi connectivity index (χ0n) is 10.1. The van der Waals surface area contributed by atoms with Crippen molar-refractivity contribution in [1.29, 1.82) is 0 Å². The minimum atomic E-state index is -0.0341. The summed E-state index contributed by atoms with van der Waals surface area (Å²) in [5.41, 5.74) is 2.20. The average molecular weight is 275 g/mol. The molecular weight excluding hydrogens is 262 g/mol. The first-order valence-electron chi connectivity index (χ1n) is 5.55. The number of thiocarbonyl (C=S) groups is 1. The van der Waals surface area contributed by atoms with E-state index >= 15 is 0 Å². The molecule has 2 nitrogen and oxygen atoms in total. The molecule has 18 heavy (non-hydrogen) atoms. The highest BCUT2D eigenvalue weighted by atomic mass is 32.2. The van der Waals surface area contributed by atoms with Crippen LogP contribution < -0.4 is 0 Å². The third-order valence-corrected chi connectivity index (χ3v) is 4.04. The second-order valence-electron chi connectivity index (χ2n) is 3.94. The number of benzene rings is 1. The van der Waals surface area contributed by atoms with Gasteiger partial charge in [0, 0.05) is 6.54 Å². The molecule has 0 aliphatic carbocycles. The van der Waals surface area contributed by atoms with Crippen molar-refractivity contribution >= 4 is 40.3 Å². The third kappa shape index (κ3) is 2.54. The fraction of sp³-hybridized carbons (Fsp3) is 0.143. The van der Waals surface area contributed by atoms with Gasteiger partial charge in [-0.1, -0.05) is 54.3 Å². The van der Waals surface area contributed by atoms with Crippen LogP contribution in [0.3, 0.4) is 0 Å². The predicted molar refractivity (Wildman–Crippen MR) is 81.3 cm³/mol. The first-order valence-corrected chi connectivity index (χ1v) is 6.78. The number of hydrogen-bond donors (Lipinski definition) is 0. The minimum absolute atomic E-state index is 0.0341. The van der Waals surface area contributed by atoms with Crippen molar-refractivity contribution in [3.63, 3.8) is 0 Å². The molecule has 0 spiro atoms. The monoisotopic (exact) mass is 275 g/mol. The van der Waals surface area contributed by atoms with Crippen molar-refractivity contribution in [2.24, 2.45) is 0 Å². The fourth-order valence-corrected chi connectivity index (χ4v) is 2.94. The minimum Gasteiger partial charge on any atom is -0.289 e. The number of thioether (sulfide) groups is 1. The Kier molecular flexibility index (Phi) is 3.99. The average Bonchev–Trinajstić information content (AvgIpc) is 2.60. The van der Waals surface area contributed by atoms with E-state index in [-0.39, 0.29) is 5.91 Å². The molecule has 0 radical (unpaired) electrons. The lowest BCUT2D eigenvalue weighted by Crippen LogP contribution is -2.27. The molecule has 0 saturated carbocycles. The highest BCUT2D eigenvalue weighted by Crippen LogP contribution is 2.32. The van der Waals surface area contributed by atoms with E-state index in [1.807, 2.05) is 37.3 Å². The quantitative estimate of drug-likeness (QED) is 0.479. The largest absolute Gasteiger partial charge is 0.289 e. The third-order valence-electron chi connectivity index (χ3n) is 2.66. The number of carbonyl (C=O) groups is 1. The van der Waals surface area contributed by atoms with Crippen molar-refractivity contribution in [1.82, 2.24) is 4.90 Å². The van der Waals surface area contributed by atoms with Crippen LogP contribution in [0, 0.1) is 6.92 Å². The molecule has 2 rings (SSSR count). The van der Waals surface area contributed by atoms with Gasteiger partial charge < -0.3 is 0 Å². The Bertz CT molecular complexity index is 548. The molecule has 1 amide bonds. The topological polar surface area (TPSA) is 20.3 Å². The molecule has 0 unspecified atom stereocenters. The van der Waals surface area contributed by atoms with E-state index in [0.717, 1.165) is 11.1 Å². The van der Waals surface area contributed by atoms with E-state index in [1.165, 1.54) is 11.8 Å². The summed E-state index contributed by atoms with van der Waals surface area (Å²) in [6.45, 7) is 6.13. The van der Waals surface area contributed by atoms with Gasteiger partial charge in [-0.3, -0.25) is 9.69 Å². The Morgan fingerprint density at radius 1 is 1.44 bits per heavy atom. The van der Waals surface area contributed by atoms with Crippen molar-refractivity contribution in [3.8, 4) is 0 Å². The first-order chi connectivity index (χ1) is 8.63. The van der Waals surface area contributed by atoms with E-state index in [4.69, 9.17) is 12.2 Å². The summed E-state index contributed by atoms with van der Waals surface area (Å²) in [7, 11) is 0. The van der Waals surface area contributed by atoms with Gasteiger partial charge in [-0.25, -0.2) is 0 Å². The molecule has 1 aliphatic heterocycles. The van der Waals surface area contributed by atoms with E-state index in [9.17, 15) is 4.79 Å². The van der Waals surface area contributed by atoms with Crippen molar-refractivity contribution < 1.29 is 4.79 Å². The summed E-state index contributed by atoms with van der Waals surface area (Å²) in [4.78, 5) is 14.4. The SMILES string of the molecule is C=CCN1C(=O)C(=Cc2ccccc2C)SC1=S. The Hall–Kier alpha value is -1.39. The van der Waals surface area contributed by atoms with Crippen molar-refractivity contribution in [3.05, 3.63) is 53.0 Å². The Morgan fingerprint density at radius 2 is 2.17 bits per heavy atom. The Balaban J connectivity index is 2.31. The van der Waals surface area contributed by atoms with Gasteiger partial charge in [0.15, 0.2) is 0 Å². The molecule has 0 bridgehead atoms. The van der Waals surface area contributed by atoms with Crippen LogP contribution in [0.5, 0.6) is 0 Å². The van der Waals surface area contributed by atoms with E-state index in [2.05, 4.69) is 6.58 Å². The molecule has 1 fully saturated rings.